The molecule has 154 valence electrons. The molecule has 0 fully saturated rings. The first-order valence-electron chi connectivity index (χ1n) is 9.83. The second-order valence-electron chi connectivity index (χ2n) is 8.78. The molecule has 2 unspecified atom stereocenters. The van der Waals surface area contributed by atoms with Crippen molar-refractivity contribution in [3.63, 3.8) is 0 Å². The summed E-state index contributed by atoms with van der Waals surface area (Å²) in [6.07, 6.45) is 0.884. The summed E-state index contributed by atoms with van der Waals surface area (Å²) in [4.78, 5) is 0. The average molecular weight is 405 g/mol. The molecular formula is C24H34FO2P. The van der Waals surface area contributed by atoms with Gasteiger partial charge < -0.3 is 9.47 Å². The van der Waals surface area contributed by atoms with E-state index in [-0.39, 0.29) is 23.2 Å². The third-order valence-corrected chi connectivity index (χ3v) is 7.05. The highest BCUT2D eigenvalue weighted by atomic mass is 31.1. The minimum Gasteiger partial charge on any atom is -0.467 e. The minimum atomic E-state index is -0.231. The molecular weight excluding hydrogens is 370 g/mol. The number of rotatable bonds is 7. The maximum atomic E-state index is 14.6. The first kappa shape index (κ1) is 22.8. The Labute approximate surface area is 171 Å². The minimum absolute atomic E-state index is 0.0727. The van der Waals surface area contributed by atoms with Crippen molar-refractivity contribution in [2.75, 3.05) is 13.9 Å². The molecule has 0 radical (unpaired) electrons. The summed E-state index contributed by atoms with van der Waals surface area (Å²) in [7, 11) is 1.93. The molecule has 0 saturated heterocycles. The Morgan fingerprint density at radius 2 is 1.61 bits per heavy atom. The summed E-state index contributed by atoms with van der Waals surface area (Å²) in [5.74, 6) is 0.755. The van der Waals surface area contributed by atoms with Gasteiger partial charge in [-0.25, -0.2) is 4.39 Å². The van der Waals surface area contributed by atoms with Gasteiger partial charge in [0.2, 0.25) is 0 Å². The largest absolute Gasteiger partial charge is 0.467 e. The smallest absolute Gasteiger partial charge is 0.188 e. The van der Waals surface area contributed by atoms with E-state index >= 15 is 0 Å². The lowest BCUT2D eigenvalue weighted by atomic mass is 9.81. The van der Waals surface area contributed by atoms with Crippen molar-refractivity contribution in [2.45, 2.75) is 65.5 Å². The molecule has 0 aliphatic carbocycles. The fraction of sp³-hybridized carbons (Fsp3) is 0.500. The molecule has 0 aliphatic heterocycles. The molecule has 2 rings (SSSR count). The van der Waals surface area contributed by atoms with Gasteiger partial charge in [0.25, 0.3) is 0 Å². The zero-order chi connectivity index (χ0) is 21.1. The van der Waals surface area contributed by atoms with Crippen LogP contribution in [0, 0.1) is 19.7 Å². The van der Waals surface area contributed by atoms with Crippen molar-refractivity contribution in [2.24, 2.45) is 0 Å². The lowest BCUT2D eigenvalue weighted by molar-refractivity contribution is 0.0487. The Morgan fingerprint density at radius 1 is 0.964 bits per heavy atom. The fourth-order valence-corrected chi connectivity index (χ4v) is 4.83. The summed E-state index contributed by atoms with van der Waals surface area (Å²) in [6.45, 7) is 15.2. The van der Waals surface area contributed by atoms with Gasteiger partial charge in [0.15, 0.2) is 6.79 Å². The van der Waals surface area contributed by atoms with Gasteiger partial charge in [-0.3, -0.25) is 0 Å². The highest BCUT2D eigenvalue weighted by Crippen LogP contribution is 2.50. The van der Waals surface area contributed by atoms with Crippen molar-refractivity contribution in [3.05, 3.63) is 58.4 Å². The average Bonchev–Trinajstić information content (AvgIpc) is 2.61. The number of hydrogen-bond acceptors (Lipinski definition) is 2. The number of methoxy groups -OCH3 is 1. The summed E-state index contributed by atoms with van der Waals surface area (Å²) in [6, 6.07) is 9.92. The lowest BCUT2D eigenvalue weighted by Gasteiger charge is -2.34. The number of ether oxygens (including phenoxy) is 2. The van der Waals surface area contributed by atoms with Crippen molar-refractivity contribution < 1.29 is 13.9 Å². The molecule has 0 heterocycles. The van der Waals surface area contributed by atoms with Gasteiger partial charge in [0.05, 0.1) is 0 Å². The predicted molar refractivity (Wildman–Crippen MR) is 119 cm³/mol. The molecule has 0 N–H and O–H groups in total. The van der Waals surface area contributed by atoms with E-state index in [9.17, 15) is 4.39 Å². The molecule has 0 aliphatic rings. The van der Waals surface area contributed by atoms with Crippen LogP contribution in [-0.2, 0) is 15.3 Å². The third-order valence-electron chi connectivity index (χ3n) is 5.20. The molecule has 4 heteroatoms. The fourth-order valence-electron chi connectivity index (χ4n) is 3.38. The van der Waals surface area contributed by atoms with Crippen LogP contribution in [0.5, 0.6) is 5.75 Å². The topological polar surface area (TPSA) is 18.5 Å². The van der Waals surface area contributed by atoms with Gasteiger partial charge in [-0.05, 0) is 37.3 Å². The summed E-state index contributed by atoms with van der Waals surface area (Å²) in [5, 5.41) is 0.539. The highest BCUT2D eigenvalue weighted by Gasteiger charge is 2.33. The first-order chi connectivity index (χ1) is 13.0. The van der Waals surface area contributed by atoms with Crippen molar-refractivity contribution >= 4 is 13.9 Å². The molecule has 28 heavy (non-hydrogen) atoms. The second-order valence-corrected chi connectivity index (χ2v) is 10.7. The summed E-state index contributed by atoms with van der Waals surface area (Å²) in [5.41, 5.74) is 4.36. The van der Waals surface area contributed by atoms with Gasteiger partial charge in [0.1, 0.15) is 11.6 Å². The van der Waals surface area contributed by atoms with Crippen LogP contribution in [-0.4, -0.2) is 13.9 Å². The van der Waals surface area contributed by atoms with E-state index in [0.717, 1.165) is 34.2 Å². The Morgan fingerprint density at radius 3 is 2.14 bits per heavy atom. The quantitative estimate of drug-likeness (QED) is 0.395. The van der Waals surface area contributed by atoms with Gasteiger partial charge in [-0.1, -0.05) is 73.0 Å². The molecule has 2 aromatic rings. The van der Waals surface area contributed by atoms with Gasteiger partial charge in [-0.2, -0.15) is 0 Å². The molecule has 0 bridgehead atoms. The summed E-state index contributed by atoms with van der Waals surface area (Å²) >= 11 is 0. The van der Waals surface area contributed by atoms with E-state index in [1.807, 2.05) is 19.1 Å². The van der Waals surface area contributed by atoms with Crippen molar-refractivity contribution in [1.82, 2.24) is 0 Å². The Balaban J connectivity index is 2.64. The maximum absolute atomic E-state index is 14.6. The molecule has 2 nitrogen and oxygen atoms in total. The van der Waals surface area contributed by atoms with Crippen LogP contribution in [0.25, 0.3) is 0 Å². The second kappa shape index (κ2) is 8.93. The molecule has 2 aromatic carbocycles. The van der Waals surface area contributed by atoms with Crippen molar-refractivity contribution in [1.29, 1.82) is 0 Å². The third kappa shape index (κ3) is 5.13. The number of aryl methyl sites for hydroxylation is 2. The monoisotopic (exact) mass is 404 g/mol. The Hall–Kier alpha value is -1.44. The predicted octanol–water partition coefficient (Wildman–Crippen LogP) is 6.35. The van der Waals surface area contributed by atoms with E-state index in [1.165, 1.54) is 5.56 Å². The van der Waals surface area contributed by atoms with Gasteiger partial charge >= 0.3 is 0 Å². The molecule has 0 amide bonds. The van der Waals surface area contributed by atoms with Gasteiger partial charge in [-0.15, -0.1) is 0 Å². The number of benzene rings is 2. The molecule has 2 atom stereocenters. The normalized spacial score (nSPS) is 14.5. The molecule has 0 spiro atoms. The van der Waals surface area contributed by atoms with Gasteiger partial charge in [0, 0.05) is 28.7 Å². The van der Waals surface area contributed by atoms with Crippen LogP contribution in [0.2, 0.25) is 0 Å². The maximum Gasteiger partial charge on any atom is 0.188 e. The Bertz CT molecular complexity index is 826. The van der Waals surface area contributed by atoms with Crippen LogP contribution in [0.1, 0.15) is 63.3 Å². The first-order valence-corrected chi connectivity index (χ1v) is 10.8. The number of halogens is 1. The SMILES string of the molecule is CCC(C)(Pc1ccc(C)cc1F)c1cc(C)cc(C(C)(C)C)c1OCOC. The number of hydrogen-bond donors (Lipinski definition) is 0. The Kier molecular flexibility index (Phi) is 7.28. The van der Waals surface area contributed by atoms with E-state index in [4.69, 9.17) is 9.47 Å². The standard InChI is InChI=1S/C24H34FO2P/c1-9-24(7,28-21-11-10-16(2)14-20(21)25)19-13-17(3)12-18(23(4,5)6)22(19)27-15-26-8/h10-14,28H,9,15H2,1-8H3. The summed E-state index contributed by atoms with van der Waals surface area (Å²) < 4.78 is 26.0. The van der Waals surface area contributed by atoms with E-state index in [1.54, 1.807) is 13.2 Å². The van der Waals surface area contributed by atoms with E-state index in [0.29, 0.717) is 8.58 Å². The molecule has 0 aromatic heterocycles. The van der Waals surface area contributed by atoms with E-state index < -0.39 is 0 Å². The highest BCUT2D eigenvalue weighted by molar-refractivity contribution is 7.48. The van der Waals surface area contributed by atoms with Crippen LogP contribution in [0.4, 0.5) is 4.39 Å². The van der Waals surface area contributed by atoms with Crippen LogP contribution >= 0.6 is 8.58 Å². The van der Waals surface area contributed by atoms with Crippen LogP contribution in [0.15, 0.2) is 30.3 Å². The van der Waals surface area contributed by atoms with Crippen LogP contribution < -0.4 is 10.0 Å². The molecule has 0 saturated carbocycles. The zero-order valence-electron chi connectivity index (χ0n) is 18.5. The lowest BCUT2D eigenvalue weighted by Crippen LogP contribution is -2.24. The van der Waals surface area contributed by atoms with Crippen LogP contribution in [0.3, 0.4) is 0 Å². The van der Waals surface area contributed by atoms with Crippen molar-refractivity contribution in [3.8, 4) is 5.75 Å². The van der Waals surface area contributed by atoms with E-state index in [2.05, 4.69) is 53.7 Å². The zero-order valence-corrected chi connectivity index (χ0v) is 19.5.